The van der Waals surface area contributed by atoms with Gasteiger partial charge in [0.1, 0.15) is 18.0 Å². The smallest absolute Gasteiger partial charge is 0.240 e. The Morgan fingerprint density at radius 1 is 1.50 bits per heavy atom. The summed E-state index contributed by atoms with van der Waals surface area (Å²) >= 11 is 0. The lowest BCUT2D eigenvalue weighted by molar-refractivity contribution is 0.0682. The van der Waals surface area contributed by atoms with Crippen molar-refractivity contribution < 1.29 is 14.3 Å². The van der Waals surface area contributed by atoms with E-state index in [0.29, 0.717) is 18.0 Å². The van der Waals surface area contributed by atoms with Gasteiger partial charge in [-0.05, 0) is 25.0 Å². The molecule has 1 saturated heterocycles. The molecule has 1 unspecified atom stereocenters. The van der Waals surface area contributed by atoms with Gasteiger partial charge in [0.25, 0.3) is 0 Å². The van der Waals surface area contributed by atoms with E-state index in [0.717, 1.165) is 19.4 Å². The van der Waals surface area contributed by atoms with Gasteiger partial charge in [-0.1, -0.05) is 12.1 Å². The monoisotopic (exact) mass is 219 g/mol. The van der Waals surface area contributed by atoms with E-state index in [9.17, 15) is 4.79 Å². The molecule has 4 nitrogen and oxygen atoms in total. The van der Waals surface area contributed by atoms with Crippen molar-refractivity contribution in [3.8, 4) is 5.75 Å². The fourth-order valence-corrected chi connectivity index (χ4v) is 1.68. The van der Waals surface area contributed by atoms with Crippen molar-refractivity contribution in [2.75, 3.05) is 13.2 Å². The van der Waals surface area contributed by atoms with E-state index in [4.69, 9.17) is 9.47 Å². The van der Waals surface area contributed by atoms with Gasteiger partial charge in [0.2, 0.25) is 6.08 Å². The fourth-order valence-electron chi connectivity index (χ4n) is 1.68. The van der Waals surface area contributed by atoms with Gasteiger partial charge in [-0.15, -0.1) is 0 Å². The number of hydrogen-bond donors (Lipinski definition) is 0. The quantitative estimate of drug-likeness (QED) is 0.576. The minimum absolute atomic E-state index is 0.160. The molecule has 0 amide bonds. The molecule has 0 aromatic heterocycles. The first-order chi connectivity index (χ1) is 7.90. The summed E-state index contributed by atoms with van der Waals surface area (Å²) in [4.78, 5) is 13.8. The second-order valence-electron chi connectivity index (χ2n) is 3.62. The summed E-state index contributed by atoms with van der Waals surface area (Å²) in [6, 6.07) is 7.14. The van der Waals surface area contributed by atoms with E-state index < -0.39 is 0 Å². The van der Waals surface area contributed by atoms with Gasteiger partial charge in [0.15, 0.2) is 0 Å². The van der Waals surface area contributed by atoms with Crippen molar-refractivity contribution in [2.45, 2.75) is 18.9 Å². The first-order valence-electron chi connectivity index (χ1n) is 5.31. The van der Waals surface area contributed by atoms with E-state index >= 15 is 0 Å². The molecule has 0 bridgehead atoms. The number of para-hydroxylation sites is 2. The van der Waals surface area contributed by atoms with Crippen LogP contribution in [0.3, 0.4) is 0 Å². The Hall–Kier alpha value is -1.64. The highest BCUT2D eigenvalue weighted by molar-refractivity contribution is 5.57. The summed E-state index contributed by atoms with van der Waals surface area (Å²) in [6.07, 6.45) is 3.79. The Labute approximate surface area is 93.9 Å². The topological polar surface area (TPSA) is 47.9 Å². The van der Waals surface area contributed by atoms with E-state index in [2.05, 4.69) is 4.99 Å². The van der Waals surface area contributed by atoms with Crippen LogP contribution in [-0.2, 0) is 9.53 Å². The Bertz CT molecular complexity index is 393. The maximum absolute atomic E-state index is 10.2. The molecule has 1 aromatic rings. The standard InChI is InChI=1S/C12H13NO3/c14-9-13-11-5-1-2-6-12(11)16-8-10-4-3-7-15-10/h1-2,5-6,10H,3-4,7-8H2. The molecule has 1 atom stereocenters. The summed E-state index contributed by atoms with van der Waals surface area (Å²) < 4.78 is 11.0. The highest BCUT2D eigenvalue weighted by atomic mass is 16.5. The van der Waals surface area contributed by atoms with Crippen molar-refractivity contribution in [1.29, 1.82) is 0 Å². The van der Waals surface area contributed by atoms with Gasteiger partial charge in [0.05, 0.1) is 6.10 Å². The predicted molar refractivity (Wildman–Crippen MR) is 58.7 cm³/mol. The first-order valence-corrected chi connectivity index (χ1v) is 5.31. The molecule has 0 aliphatic carbocycles. The van der Waals surface area contributed by atoms with E-state index in [1.165, 1.54) is 6.08 Å². The van der Waals surface area contributed by atoms with E-state index in [-0.39, 0.29) is 6.10 Å². The van der Waals surface area contributed by atoms with E-state index in [1.807, 2.05) is 6.07 Å². The Balaban J connectivity index is 1.99. The van der Waals surface area contributed by atoms with Crippen LogP contribution in [0.25, 0.3) is 0 Å². The molecule has 1 aliphatic heterocycles. The molecular weight excluding hydrogens is 206 g/mol. The van der Waals surface area contributed by atoms with Crippen molar-refractivity contribution in [1.82, 2.24) is 0 Å². The zero-order valence-corrected chi connectivity index (χ0v) is 8.89. The van der Waals surface area contributed by atoms with Crippen LogP contribution >= 0.6 is 0 Å². The normalized spacial score (nSPS) is 19.1. The minimum atomic E-state index is 0.160. The number of aliphatic imine (C=N–C) groups is 1. The Morgan fingerprint density at radius 3 is 3.12 bits per heavy atom. The summed E-state index contributed by atoms with van der Waals surface area (Å²) in [5, 5.41) is 0. The van der Waals surface area contributed by atoms with Gasteiger partial charge in [-0.2, -0.15) is 4.99 Å². The lowest BCUT2D eigenvalue weighted by Gasteiger charge is -2.12. The fraction of sp³-hybridized carbons (Fsp3) is 0.417. The maximum Gasteiger partial charge on any atom is 0.240 e. The molecule has 0 saturated carbocycles. The summed E-state index contributed by atoms with van der Waals surface area (Å²) in [7, 11) is 0. The Kier molecular flexibility index (Phi) is 3.70. The zero-order chi connectivity index (χ0) is 11.2. The van der Waals surface area contributed by atoms with Crippen LogP contribution in [0.2, 0.25) is 0 Å². The highest BCUT2D eigenvalue weighted by Gasteiger charge is 2.16. The molecule has 1 aromatic carbocycles. The number of rotatable bonds is 4. The third kappa shape index (κ3) is 2.69. The second kappa shape index (κ2) is 5.45. The number of nitrogens with zero attached hydrogens (tertiary/aromatic N) is 1. The van der Waals surface area contributed by atoms with Crippen LogP contribution in [0.15, 0.2) is 29.3 Å². The van der Waals surface area contributed by atoms with E-state index in [1.54, 1.807) is 18.2 Å². The van der Waals surface area contributed by atoms with Gasteiger partial charge in [0, 0.05) is 6.61 Å². The van der Waals surface area contributed by atoms with Crippen LogP contribution in [-0.4, -0.2) is 25.4 Å². The lowest BCUT2D eigenvalue weighted by Crippen LogP contribution is -2.16. The average molecular weight is 219 g/mol. The van der Waals surface area contributed by atoms with Gasteiger partial charge in [-0.25, -0.2) is 4.79 Å². The SMILES string of the molecule is O=C=Nc1ccccc1OCC1CCCO1. The molecule has 1 heterocycles. The third-order valence-corrected chi connectivity index (χ3v) is 2.48. The number of isocyanates is 1. The highest BCUT2D eigenvalue weighted by Crippen LogP contribution is 2.27. The number of hydrogen-bond acceptors (Lipinski definition) is 4. The van der Waals surface area contributed by atoms with Crippen LogP contribution in [0, 0.1) is 0 Å². The molecule has 2 rings (SSSR count). The van der Waals surface area contributed by atoms with Crippen molar-refractivity contribution in [2.24, 2.45) is 4.99 Å². The van der Waals surface area contributed by atoms with Crippen molar-refractivity contribution in [3.63, 3.8) is 0 Å². The van der Waals surface area contributed by atoms with Crippen molar-refractivity contribution >= 4 is 11.8 Å². The number of carbonyl (C=O) groups excluding carboxylic acids is 1. The number of benzene rings is 1. The van der Waals surface area contributed by atoms with Crippen LogP contribution in [0.5, 0.6) is 5.75 Å². The number of ether oxygens (including phenoxy) is 2. The largest absolute Gasteiger partial charge is 0.489 e. The summed E-state index contributed by atoms with van der Waals surface area (Å²) in [6.45, 7) is 1.31. The van der Waals surface area contributed by atoms with Crippen LogP contribution < -0.4 is 4.74 Å². The average Bonchev–Trinajstić information content (AvgIpc) is 2.81. The van der Waals surface area contributed by atoms with Gasteiger partial charge >= 0.3 is 0 Å². The first kappa shape index (κ1) is 10.9. The molecule has 1 aliphatic rings. The van der Waals surface area contributed by atoms with Crippen LogP contribution in [0.1, 0.15) is 12.8 Å². The minimum Gasteiger partial charge on any atom is -0.489 e. The zero-order valence-electron chi connectivity index (χ0n) is 8.89. The van der Waals surface area contributed by atoms with Crippen LogP contribution in [0.4, 0.5) is 5.69 Å². The Morgan fingerprint density at radius 2 is 2.38 bits per heavy atom. The maximum atomic E-state index is 10.2. The molecule has 0 N–H and O–H groups in total. The van der Waals surface area contributed by atoms with Crippen molar-refractivity contribution in [3.05, 3.63) is 24.3 Å². The molecule has 16 heavy (non-hydrogen) atoms. The lowest BCUT2D eigenvalue weighted by atomic mass is 10.2. The molecule has 84 valence electrons. The molecule has 1 fully saturated rings. The van der Waals surface area contributed by atoms with Gasteiger partial charge < -0.3 is 9.47 Å². The molecular formula is C12H13NO3. The van der Waals surface area contributed by atoms with Gasteiger partial charge in [-0.3, -0.25) is 0 Å². The molecule has 0 radical (unpaired) electrons. The molecule has 4 heteroatoms. The third-order valence-electron chi connectivity index (χ3n) is 2.48. The summed E-state index contributed by atoms with van der Waals surface area (Å²) in [5.74, 6) is 0.598. The second-order valence-corrected chi connectivity index (χ2v) is 3.62. The summed E-state index contributed by atoms with van der Waals surface area (Å²) in [5.41, 5.74) is 0.510. The molecule has 0 spiro atoms. The predicted octanol–water partition coefficient (Wildman–Crippen LogP) is 2.21.